The number of aliphatic hydroxyl groups excluding tert-OH is 1. The van der Waals surface area contributed by atoms with Crippen LogP contribution in [0.1, 0.15) is 77.9 Å². The molecule has 1 spiro atoms. The summed E-state index contributed by atoms with van der Waals surface area (Å²) in [6.45, 7) is -0.117. The van der Waals surface area contributed by atoms with Crippen molar-refractivity contribution >= 4 is 23.3 Å². The Morgan fingerprint density at radius 1 is 1.03 bits per heavy atom. The smallest absolute Gasteiger partial charge is 0.341 e. The Bertz CT molecular complexity index is 1530. The lowest BCUT2D eigenvalue weighted by Gasteiger charge is -2.22. The van der Waals surface area contributed by atoms with Crippen LogP contribution in [0, 0.1) is 0 Å². The van der Waals surface area contributed by atoms with Gasteiger partial charge < -0.3 is 25.0 Å². The number of aromatic nitrogens is 4. The van der Waals surface area contributed by atoms with Gasteiger partial charge in [-0.25, -0.2) is 14.8 Å². The van der Waals surface area contributed by atoms with E-state index in [1.807, 2.05) is 36.4 Å². The summed E-state index contributed by atoms with van der Waals surface area (Å²) >= 11 is 0. The topological polar surface area (TPSA) is 135 Å². The van der Waals surface area contributed by atoms with Gasteiger partial charge in [-0.3, -0.25) is 0 Å². The Morgan fingerprint density at radius 2 is 1.85 bits per heavy atom. The molecule has 1 aliphatic heterocycles. The zero-order valence-electron chi connectivity index (χ0n) is 21.3. The average molecular weight is 525 g/mol. The van der Waals surface area contributed by atoms with Gasteiger partial charge in [0.15, 0.2) is 11.4 Å². The molecule has 4 aromatic rings. The monoisotopic (exact) mass is 524 g/mol. The number of nitrogens with one attached hydrogen (secondary N) is 2. The van der Waals surface area contributed by atoms with Crippen LogP contribution in [0.15, 0.2) is 59.3 Å². The van der Waals surface area contributed by atoms with Crippen LogP contribution in [0.2, 0.25) is 0 Å². The number of hydrogen-bond donors (Lipinski definition) is 3. The summed E-state index contributed by atoms with van der Waals surface area (Å²) in [5.41, 5.74) is 2.87. The van der Waals surface area contributed by atoms with Gasteiger partial charge in [0, 0.05) is 18.2 Å². The fraction of sp³-hybridized carbons (Fsp3) is 0.345. The van der Waals surface area contributed by atoms with Gasteiger partial charge in [-0.05, 0) is 56.2 Å². The maximum absolute atomic E-state index is 12.5. The van der Waals surface area contributed by atoms with E-state index in [1.165, 1.54) is 0 Å². The summed E-state index contributed by atoms with van der Waals surface area (Å²) in [7, 11) is 0. The van der Waals surface area contributed by atoms with Crippen LogP contribution in [0.3, 0.4) is 0 Å². The molecule has 2 saturated carbocycles. The average Bonchev–Trinajstić information content (AvgIpc) is 3.39. The van der Waals surface area contributed by atoms with Crippen molar-refractivity contribution in [3.63, 3.8) is 0 Å². The molecule has 2 fully saturated rings. The summed E-state index contributed by atoms with van der Waals surface area (Å²) in [5.74, 6) is 2.23. The maximum Gasteiger partial charge on any atom is 0.341 e. The highest BCUT2D eigenvalue weighted by Crippen LogP contribution is 2.47. The highest BCUT2D eigenvalue weighted by atomic mass is 16.6. The van der Waals surface area contributed by atoms with E-state index in [-0.39, 0.29) is 18.6 Å². The SMILES string of the molecule is O=C1OC2(CCCC2)c2nc(Nc3cc(NC(CO)c4ccccc4)c(-c4nc(C5CC5)no4)cn3)ccc21. The Morgan fingerprint density at radius 3 is 2.62 bits per heavy atom. The molecule has 198 valence electrons. The summed E-state index contributed by atoms with van der Waals surface area (Å²) in [6, 6.07) is 14.7. The normalized spacial score (nSPS) is 18.1. The van der Waals surface area contributed by atoms with Crippen molar-refractivity contribution in [2.75, 3.05) is 17.2 Å². The predicted octanol–water partition coefficient (Wildman–Crippen LogP) is 5.23. The molecule has 0 amide bonds. The largest absolute Gasteiger partial charge is 0.449 e. The number of aliphatic hydroxyl groups is 1. The van der Waals surface area contributed by atoms with E-state index in [9.17, 15) is 9.90 Å². The number of hydrogen-bond acceptors (Lipinski definition) is 10. The van der Waals surface area contributed by atoms with Crippen molar-refractivity contribution in [3.05, 3.63) is 77.4 Å². The number of fused-ring (bicyclic) bond motifs is 2. The van der Waals surface area contributed by atoms with Gasteiger partial charge in [0.25, 0.3) is 5.89 Å². The summed E-state index contributed by atoms with van der Waals surface area (Å²) in [6.07, 6.45) is 7.41. The van der Waals surface area contributed by atoms with Crippen LogP contribution in [0.4, 0.5) is 17.3 Å². The first-order valence-corrected chi connectivity index (χ1v) is 13.4. The number of carbonyl (C=O) groups excluding carboxylic acids is 1. The Balaban J connectivity index is 1.23. The van der Waals surface area contributed by atoms with Crippen molar-refractivity contribution in [1.82, 2.24) is 20.1 Å². The standard InChI is InChI=1S/C29H28N6O4/c36-16-22(17-6-2-1-3-7-17)31-21-14-24(30-15-20(21)27-34-26(35-39-27)18-8-9-18)32-23-11-10-19-25(33-23)29(38-28(19)37)12-4-5-13-29/h1-3,6-7,10-11,14-15,18,22,36H,4-5,8-9,12-13,16H2,(H2,30,31,32,33). The van der Waals surface area contributed by atoms with Crippen LogP contribution in [0.25, 0.3) is 11.5 Å². The van der Waals surface area contributed by atoms with Crippen molar-refractivity contribution in [2.45, 2.75) is 56.1 Å². The molecule has 7 rings (SSSR count). The fourth-order valence-electron chi connectivity index (χ4n) is 5.51. The van der Waals surface area contributed by atoms with Crippen LogP contribution in [-0.2, 0) is 10.3 Å². The lowest BCUT2D eigenvalue weighted by Crippen LogP contribution is -2.22. The molecule has 3 N–H and O–H groups in total. The zero-order valence-corrected chi connectivity index (χ0v) is 21.3. The predicted molar refractivity (Wildman–Crippen MR) is 142 cm³/mol. The number of benzene rings is 1. The second-order valence-corrected chi connectivity index (χ2v) is 10.4. The quantitative estimate of drug-likeness (QED) is 0.263. The molecule has 0 saturated heterocycles. The van der Waals surface area contributed by atoms with Gasteiger partial charge in [0.1, 0.15) is 17.3 Å². The Labute approximate surface area is 224 Å². The molecular weight excluding hydrogens is 496 g/mol. The van der Waals surface area contributed by atoms with Crippen LogP contribution in [-0.4, -0.2) is 37.8 Å². The lowest BCUT2D eigenvalue weighted by atomic mass is 9.96. The minimum absolute atomic E-state index is 0.117. The van der Waals surface area contributed by atoms with Crippen molar-refractivity contribution < 1.29 is 19.2 Å². The second kappa shape index (κ2) is 9.46. The van der Waals surface area contributed by atoms with Crippen LogP contribution < -0.4 is 10.6 Å². The highest BCUT2D eigenvalue weighted by molar-refractivity contribution is 5.94. The number of esters is 1. The van der Waals surface area contributed by atoms with E-state index in [0.717, 1.165) is 44.1 Å². The Hall–Kier alpha value is -4.31. The molecule has 1 atom stereocenters. The maximum atomic E-state index is 12.5. The van der Waals surface area contributed by atoms with E-state index in [2.05, 4.69) is 25.8 Å². The molecule has 1 aromatic carbocycles. The molecule has 0 radical (unpaired) electrons. The van der Waals surface area contributed by atoms with Crippen LogP contribution in [0.5, 0.6) is 0 Å². The lowest BCUT2D eigenvalue weighted by molar-refractivity contribution is -0.00633. The molecule has 2 aliphatic carbocycles. The van der Waals surface area contributed by atoms with Gasteiger partial charge >= 0.3 is 5.97 Å². The molecular formula is C29H28N6O4. The number of nitrogens with zero attached hydrogens (tertiary/aromatic N) is 4. The third-order valence-electron chi connectivity index (χ3n) is 7.74. The summed E-state index contributed by atoms with van der Waals surface area (Å²) in [5, 5.41) is 21.1. The molecule has 3 aliphatic rings. The molecule has 0 bridgehead atoms. The van der Waals surface area contributed by atoms with Crippen LogP contribution >= 0.6 is 0 Å². The molecule has 10 heteroatoms. The molecule has 1 unspecified atom stereocenters. The van der Waals surface area contributed by atoms with E-state index in [0.29, 0.717) is 51.8 Å². The Kier molecular flexibility index (Phi) is 5.77. The molecule has 4 heterocycles. The van der Waals surface area contributed by atoms with Gasteiger partial charge in [-0.2, -0.15) is 4.98 Å². The molecule has 39 heavy (non-hydrogen) atoms. The summed E-state index contributed by atoms with van der Waals surface area (Å²) < 4.78 is 11.4. The fourth-order valence-corrected chi connectivity index (χ4v) is 5.51. The van der Waals surface area contributed by atoms with Gasteiger partial charge in [-0.1, -0.05) is 35.5 Å². The number of carbonyl (C=O) groups is 1. The van der Waals surface area contributed by atoms with E-state index in [4.69, 9.17) is 14.2 Å². The molecule has 10 nitrogen and oxygen atoms in total. The minimum Gasteiger partial charge on any atom is -0.449 e. The van der Waals surface area contributed by atoms with E-state index in [1.54, 1.807) is 18.3 Å². The second-order valence-electron chi connectivity index (χ2n) is 10.4. The van der Waals surface area contributed by atoms with Gasteiger partial charge in [0.05, 0.1) is 29.5 Å². The first-order chi connectivity index (χ1) is 19.1. The minimum atomic E-state index is -0.616. The first-order valence-electron chi connectivity index (χ1n) is 13.4. The van der Waals surface area contributed by atoms with Gasteiger partial charge in [0.2, 0.25) is 0 Å². The van der Waals surface area contributed by atoms with E-state index < -0.39 is 5.60 Å². The first kappa shape index (κ1) is 23.8. The van der Waals surface area contributed by atoms with Gasteiger partial charge in [-0.15, -0.1) is 0 Å². The van der Waals surface area contributed by atoms with Crippen molar-refractivity contribution in [3.8, 4) is 11.5 Å². The number of rotatable bonds is 8. The number of pyridine rings is 2. The molecule has 3 aromatic heterocycles. The zero-order chi connectivity index (χ0) is 26.4. The summed E-state index contributed by atoms with van der Waals surface area (Å²) in [4.78, 5) is 26.5. The number of ether oxygens (including phenoxy) is 1. The highest BCUT2D eigenvalue weighted by Gasteiger charge is 2.48. The van der Waals surface area contributed by atoms with Crippen molar-refractivity contribution in [2.24, 2.45) is 0 Å². The van der Waals surface area contributed by atoms with E-state index >= 15 is 0 Å². The van der Waals surface area contributed by atoms with Crippen molar-refractivity contribution in [1.29, 1.82) is 0 Å². The number of anilines is 3. The third kappa shape index (κ3) is 4.40. The third-order valence-corrected chi connectivity index (χ3v) is 7.74.